The fourth-order valence-electron chi connectivity index (χ4n) is 3.73. The second-order valence-corrected chi connectivity index (χ2v) is 7.60. The molecule has 1 amide bonds. The number of halogens is 1. The van der Waals surface area contributed by atoms with E-state index in [0.29, 0.717) is 5.92 Å². The Morgan fingerprint density at radius 1 is 1.39 bits per heavy atom. The second-order valence-electron chi connectivity index (χ2n) is 7.60. The molecule has 170 valence electrons. The van der Waals surface area contributed by atoms with E-state index >= 15 is 0 Å². The maximum absolute atomic E-state index is 13.4. The monoisotopic (exact) mass is 438 g/mol. The summed E-state index contributed by atoms with van der Waals surface area (Å²) in [5.41, 5.74) is 0. The van der Waals surface area contributed by atoms with Crippen LogP contribution in [0, 0.1) is 17.2 Å². The van der Waals surface area contributed by atoms with Gasteiger partial charge in [-0.3, -0.25) is 14.3 Å². The van der Waals surface area contributed by atoms with Crippen molar-refractivity contribution in [1.82, 2.24) is 25.0 Å². The molecule has 1 aromatic rings. The third kappa shape index (κ3) is 7.95. The average molecular weight is 438 g/mol. The van der Waals surface area contributed by atoms with Crippen LogP contribution in [0.15, 0.2) is 25.0 Å². The lowest BCUT2D eigenvalue weighted by Crippen LogP contribution is -2.43. The van der Waals surface area contributed by atoms with Gasteiger partial charge in [0, 0.05) is 19.0 Å². The van der Waals surface area contributed by atoms with Crippen molar-refractivity contribution in [2.45, 2.75) is 56.9 Å². The Labute approximate surface area is 179 Å². The molecule has 4 atom stereocenters. The Balaban J connectivity index is 0.000000366. The third-order valence-electron chi connectivity index (χ3n) is 5.19. The summed E-state index contributed by atoms with van der Waals surface area (Å²) >= 11 is 0. The van der Waals surface area contributed by atoms with E-state index in [1.807, 2.05) is 10.8 Å². The minimum absolute atomic E-state index is 0.0400. The van der Waals surface area contributed by atoms with E-state index < -0.39 is 18.2 Å². The van der Waals surface area contributed by atoms with Gasteiger partial charge in [-0.15, -0.1) is 0 Å². The van der Waals surface area contributed by atoms with Crippen molar-refractivity contribution >= 4 is 11.9 Å². The number of nitriles is 1. The first kappa shape index (κ1) is 24.2. The fourth-order valence-corrected chi connectivity index (χ4v) is 3.73. The van der Waals surface area contributed by atoms with Crippen LogP contribution in [0.1, 0.15) is 32.1 Å². The first-order valence-corrected chi connectivity index (χ1v) is 9.92. The molecule has 31 heavy (non-hydrogen) atoms. The molecule has 0 spiro atoms. The number of carboxylic acid groups (broad SMARTS) is 1. The van der Waals surface area contributed by atoms with E-state index in [-0.39, 0.29) is 43.6 Å². The van der Waals surface area contributed by atoms with Gasteiger partial charge < -0.3 is 20.2 Å². The Kier molecular flexibility index (Phi) is 9.36. The molecule has 12 heteroatoms. The van der Waals surface area contributed by atoms with Crippen molar-refractivity contribution in [3.63, 3.8) is 0 Å². The van der Waals surface area contributed by atoms with E-state index in [4.69, 9.17) is 15.6 Å². The van der Waals surface area contributed by atoms with Crippen LogP contribution in [-0.2, 0) is 21.0 Å². The molecule has 1 aromatic heterocycles. The minimum Gasteiger partial charge on any atom is -0.481 e. The number of aromatic nitrogens is 3. The number of aliphatic carboxylic acids is 1. The quantitative estimate of drug-likeness (QED) is 0.306. The molecular weight excluding hydrogens is 411 g/mol. The summed E-state index contributed by atoms with van der Waals surface area (Å²) in [7, 11) is 0. The van der Waals surface area contributed by atoms with E-state index in [1.54, 1.807) is 6.33 Å². The molecule has 1 saturated heterocycles. The highest BCUT2D eigenvalue weighted by Gasteiger charge is 2.35. The summed E-state index contributed by atoms with van der Waals surface area (Å²) in [4.78, 5) is 30.7. The highest BCUT2D eigenvalue weighted by molar-refractivity contribution is 5.79. The summed E-state index contributed by atoms with van der Waals surface area (Å²) in [6.07, 6.45) is 5.02. The molecule has 2 heterocycles. The molecule has 0 bridgehead atoms. The molecule has 0 aromatic carbocycles. The van der Waals surface area contributed by atoms with Gasteiger partial charge in [-0.2, -0.15) is 10.4 Å². The predicted molar refractivity (Wildman–Crippen MR) is 105 cm³/mol. The number of nitrogens with one attached hydrogen (secondary N) is 1. The second kappa shape index (κ2) is 12.0. The maximum Gasteiger partial charge on any atom is 0.311 e. The summed E-state index contributed by atoms with van der Waals surface area (Å²) in [5, 5.41) is 32.1. The van der Waals surface area contributed by atoms with Crippen LogP contribution in [0.3, 0.4) is 0 Å². The highest BCUT2D eigenvalue weighted by Crippen LogP contribution is 2.27. The molecule has 2 aliphatic rings. The highest BCUT2D eigenvalue weighted by atomic mass is 19.1. The van der Waals surface area contributed by atoms with Crippen LogP contribution in [0.4, 0.5) is 4.39 Å². The van der Waals surface area contributed by atoms with Gasteiger partial charge in [0.2, 0.25) is 5.91 Å². The van der Waals surface area contributed by atoms with Gasteiger partial charge in [0.15, 0.2) is 0 Å². The molecule has 0 unspecified atom stereocenters. The molecular formula is C19H27FN6O5. The Bertz CT molecular complexity index is 783. The number of alkyl halides is 1. The minimum atomic E-state index is -1.08. The van der Waals surface area contributed by atoms with Crippen molar-refractivity contribution in [2.24, 2.45) is 5.92 Å². The number of carbonyl (C=O) groups is 2. The number of hydrogen-bond acceptors (Lipinski definition) is 8. The molecule has 1 aliphatic heterocycles. The van der Waals surface area contributed by atoms with Crippen molar-refractivity contribution in [3.8, 4) is 6.07 Å². The first-order chi connectivity index (χ1) is 14.8. The summed E-state index contributed by atoms with van der Waals surface area (Å²) < 4.78 is 15.2. The van der Waals surface area contributed by atoms with Gasteiger partial charge in [-0.05, 0) is 25.2 Å². The van der Waals surface area contributed by atoms with E-state index in [1.165, 1.54) is 11.2 Å². The number of carbonyl (C=O) groups excluding carboxylic acids is 1. The normalized spacial score (nSPS) is 24.7. The molecule has 2 fully saturated rings. The van der Waals surface area contributed by atoms with Crippen LogP contribution < -0.4 is 5.32 Å². The van der Waals surface area contributed by atoms with Crippen molar-refractivity contribution in [2.75, 3.05) is 13.1 Å². The summed E-state index contributed by atoms with van der Waals surface area (Å²) in [5.74, 6) is -0.906. The summed E-state index contributed by atoms with van der Waals surface area (Å²) in [6.45, 7) is 4.12. The van der Waals surface area contributed by atoms with Gasteiger partial charge in [-0.25, -0.2) is 14.6 Å². The zero-order valence-electron chi connectivity index (χ0n) is 17.1. The van der Waals surface area contributed by atoms with Gasteiger partial charge in [0.05, 0.1) is 19.2 Å². The average Bonchev–Trinajstić information content (AvgIpc) is 3.48. The Morgan fingerprint density at radius 3 is 2.74 bits per heavy atom. The molecule has 3 rings (SSSR count). The topological polar surface area (TPSA) is 154 Å². The number of carboxylic acids is 1. The lowest BCUT2D eigenvalue weighted by Gasteiger charge is -2.21. The van der Waals surface area contributed by atoms with Gasteiger partial charge in [0.25, 0.3) is 0 Å². The standard InChI is InChI=1S/C15H21FN6O.C4H6O4/c16-12-4-14(5-17)22(8-12)15(23)6-19-13-2-1-11(3-13)7-21-10-18-9-20-21;1-3(8-7)2-4(5)6/h9-14,19H,1-4,6-8H2;7H,1-2H2,(H,5,6)/t11-,12-,13+,14-;/m0./s1. The van der Waals surface area contributed by atoms with Gasteiger partial charge in [-0.1, -0.05) is 6.58 Å². The molecule has 1 aliphatic carbocycles. The van der Waals surface area contributed by atoms with Gasteiger partial charge in [0.1, 0.15) is 37.0 Å². The van der Waals surface area contributed by atoms with Crippen molar-refractivity contribution in [3.05, 3.63) is 25.0 Å². The Hall–Kier alpha value is -3.04. The number of rotatable bonds is 8. The zero-order valence-corrected chi connectivity index (χ0v) is 17.1. The molecule has 0 radical (unpaired) electrons. The van der Waals surface area contributed by atoms with E-state index in [2.05, 4.69) is 26.9 Å². The van der Waals surface area contributed by atoms with Crippen molar-refractivity contribution in [1.29, 1.82) is 5.26 Å². The van der Waals surface area contributed by atoms with Crippen LogP contribution in [0.2, 0.25) is 0 Å². The lowest BCUT2D eigenvalue weighted by atomic mass is 10.1. The first-order valence-electron chi connectivity index (χ1n) is 9.92. The van der Waals surface area contributed by atoms with Gasteiger partial charge >= 0.3 is 5.97 Å². The predicted octanol–water partition coefficient (Wildman–Crippen LogP) is 0.963. The molecule has 11 nitrogen and oxygen atoms in total. The maximum atomic E-state index is 13.4. The lowest BCUT2D eigenvalue weighted by molar-refractivity contribution is -0.206. The SMILES string of the molecule is C=C(CC(=O)O)OO.N#C[C@@H]1C[C@H](F)CN1C(=O)CN[C@@H]1CC[C@H](Cn2cncn2)C1. The third-order valence-corrected chi connectivity index (χ3v) is 5.19. The summed E-state index contributed by atoms with van der Waals surface area (Å²) in [6, 6.07) is 1.67. The van der Waals surface area contributed by atoms with Crippen molar-refractivity contribution < 1.29 is 29.2 Å². The van der Waals surface area contributed by atoms with E-state index in [9.17, 15) is 14.0 Å². The van der Waals surface area contributed by atoms with Crippen LogP contribution in [-0.4, -0.2) is 73.2 Å². The number of likely N-dealkylation sites (tertiary alicyclic amines) is 1. The zero-order chi connectivity index (χ0) is 22.8. The Morgan fingerprint density at radius 2 is 2.16 bits per heavy atom. The fraction of sp³-hybridized carbons (Fsp3) is 0.632. The molecule has 3 N–H and O–H groups in total. The van der Waals surface area contributed by atoms with E-state index in [0.717, 1.165) is 25.8 Å². The number of hydrogen-bond donors (Lipinski definition) is 3. The smallest absolute Gasteiger partial charge is 0.311 e. The number of nitrogens with zero attached hydrogens (tertiary/aromatic N) is 5. The number of amides is 1. The largest absolute Gasteiger partial charge is 0.481 e. The van der Waals surface area contributed by atoms with Crippen LogP contribution in [0.25, 0.3) is 0 Å². The van der Waals surface area contributed by atoms with Crippen LogP contribution >= 0.6 is 0 Å². The van der Waals surface area contributed by atoms with Crippen LogP contribution in [0.5, 0.6) is 0 Å². The molecule has 1 saturated carbocycles.